The van der Waals surface area contributed by atoms with Crippen LogP contribution in [0.1, 0.15) is 0 Å². The zero-order chi connectivity index (χ0) is 12.7. The van der Waals surface area contributed by atoms with Gasteiger partial charge in [0, 0.05) is 6.07 Å². The molecule has 0 bridgehead atoms. The van der Waals surface area contributed by atoms with E-state index in [4.69, 9.17) is 34.8 Å². The molecule has 0 atom stereocenters. The Hall–Kier alpha value is -1.23. The molecular formula is C10H4Cl3NO3. The second kappa shape index (κ2) is 4.22. The Balaban J connectivity index is 3.19. The van der Waals surface area contributed by atoms with Gasteiger partial charge in [0.25, 0.3) is 5.56 Å². The van der Waals surface area contributed by atoms with Gasteiger partial charge in [0.05, 0.1) is 26.0 Å². The minimum absolute atomic E-state index is 0.0297. The number of aromatic hydroxyl groups is 1. The lowest BCUT2D eigenvalue weighted by Crippen LogP contribution is -2.22. The Morgan fingerprint density at radius 1 is 1.06 bits per heavy atom. The molecule has 1 heterocycles. The van der Waals surface area contributed by atoms with Gasteiger partial charge in [0.1, 0.15) is 5.75 Å². The van der Waals surface area contributed by atoms with E-state index < -0.39 is 16.7 Å². The van der Waals surface area contributed by atoms with Gasteiger partial charge in [-0.3, -0.25) is 9.59 Å². The van der Waals surface area contributed by atoms with Crippen molar-refractivity contribution in [3.63, 3.8) is 0 Å². The van der Waals surface area contributed by atoms with Crippen molar-refractivity contribution in [2.75, 3.05) is 0 Å². The van der Waals surface area contributed by atoms with Crippen molar-refractivity contribution in [2.24, 2.45) is 0 Å². The SMILES string of the molecule is O=c1cc(O)c2c(Cl)c(Cl)c(Cl)cc2[nH]c1=O. The lowest BCUT2D eigenvalue weighted by Gasteiger charge is -2.03. The molecule has 2 aromatic rings. The zero-order valence-electron chi connectivity index (χ0n) is 8.05. The Morgan fingerprint density at radius 3 is 2.35 bits per heavy atom. The van der Waals surface area contributed by atoms with E-state index in [1.165, 1.54) is 6.07 Å². The van der Waals surface area contributed by atoms with Crippen molar-refractivity contribution in [3.05, 3.63) is 47.8 Å². The summed E-state index contributed by atoms with van der Waals surface area (Å²) in [7, 11) is 0. The van der Waals surface area contributed by atoms with Crippen molar-refractivity contribution >= 4 is 45.7 Å². The van der Waals surface area contributed by atoms with Gasteiger partial charge in [0.2, 0.25) is 5.43 Å². The Labute approximate surface area is 109 Å². The largest absolute Gasteiger partial charge is 0.507 e. The summed E-state index contributed by atoms with van der Waals surface area (Å²) in [6.45, 7) is 0. The van der Waals surface area contributed by atoms with Gasteiger partial charge >= 0.3 is 0 Å². The third-order valence-electron chi connectivity index (χ3n) is 2.16. The standard InChI is InChI=1S/C10H4Cl3NO3/c11-3-1-4-7(9(13)8(3)12)5(15)2-6(16)10(17)14-4/h1-2,15H,(H,14,16,17). The van der Waals surface area contributed by atoms with Crippen LogP contribution >= 0.6 is 34.8 Å². The van der Waals surface area contributed by atoms with Crippen LogP contribution in [0, 0.1) is 0 Å². The lowest BCUT2D eigenvalue weighted by molar-refractivity contribution is 0.481. The summed E-state index contributed by atoms with van der Waals surface area (Å²) in [5.41, 5.74) is -1.64. The van der Waals surface area contributed by atoms with Crippen LogP contribution in [0.25, 0.3) is 10.9 Å². The summed E-state index contributed by atoms with van der Waals surface area (Å²) in [5.74, 6) is -0.438. The first-order chi connectivity index (χ1) is 7.91. The van der Waals surface area contributed by atoms with Crippen LogP contribution < -0.4 is 11.0 Å². The zero-order valence-corrected chi connectivity index (χ0v) is 10.3. The molecule has 0 fully saturated rings. The normalized spacial score (nSPS) is 10.8. The summed E-state index contributed by atoms with van der Waals surface area (Å²) in [6, 6.07) is 2.09. The highest BCUT2D eigenvalue weighted by Gasteiger charge is 2.13. The quantitative estimate of drug-likeness (QED) is 0.579. The first kappa shape index (κ1) is 12.2. The fourth-order valence-corrected chi connectivity index (χ4v) is 2.09. The molecule has 2 N–H and O–H groups in total. The predicted octanol–water partition coefficient (Wildman–Crippen LogP) is 2.55. The van der Waals surface area contributed by atoms with Gasteiger partial charge in [-0.05, 0) is 6.07 Å². The van der Waals surface area contributed by atoms with Gasteiger partial charge in [0.15, 0.2) is 0 Å². The molecule has 17 heavy (non-hydrogen) atoms. The average Bonchev–Trinajstić information content (AvgIpc) is 2.34. The number of rotatable bonds is 0. The maximum Gasteiger partial charge on any atom is 0.296 e. The van der Waals surface area contributed by atoms with Gasteiger partial charge in [-0.25, -0.2) is 0 Å². The number of hydrogen-bond acceptors (Lipinski definition) is 3. The fraction of sp³-hybridized carbons (Fsp3) is 0. The van der Waals surface area contributed by atoms with E-state index in [0.29, 0.717) is 0 Å². The topological polar surface area (TPSA) is 70.2 Å². The van der Waals surface area contributed by atoms with Crippen LogP contribution in [0.3, 0.4) is 0 Å². The van der Waals surface area contributed by atoms with E-state index >= 15 is 0 Å². The van der Waals surface area contributed by atoms with Gasteiger partial charge in [-0.2, -0.15) is 0 Å². The second-order valence-electron chi connectivity index (χ2n) is 3.26. The van der Waals surface area contributed by atoms with Crippen molar-refractivity contribution in [3.8, 4) is 5.75 Å². The number of fused-ring (bicyclic) bond motifs is 1. The Kier molecular flexibility index (Phi) is 3.03. The fourth-order valence-electron chi connectivity index (χ4n) is 1.39. The molecule has 2 rings (SSSR count). The van der Waals surface area contributed by atoms with E-state index in [1.54, 1.807) is 0 Å². The molecule has 88 valence electrons. The molecule has 1 aromatic carbocycles. The number of aromatic nitrogens is 1. The van der Waals surface area contributed by atoms with Crippen LogP contribution in [0.15, 0.2) is 21.7 Å². The molecule has 0 aliphatic heterocycles. The number of hydrogen-bond donors (Lipinski definition) is 2. The highest BCUT2D eigenvalue weighted by Crippen LogP contribution is 2.38. The van der Waals surface area contributed by atoms with Gasteiger partial charge in [-0.1, -0.05) is 34.8 Å². The molecule has 7 heteroatoms. The Morgan fingerprint density at radius 2 is 1.71 bits per heavy atom. The summed E-state index contributed by atoms with van der Waals surface area (Å²) >= 11 is 17.5. The average molecular weight is 293 g/mol. The summed E-state index contributed by atoms with van der Waals surface area (Å²) in [4.78, 5) is 24.8. The molecular weight excluding hydrogens is 288 g/mol. The van der Waals surface area contributed by atoms with E-state index in [1.807, 2.05) is 0 Å². The van der Waals surface area contributed by atoms with Gasteiger partial charge in [-0.15, -0.1) is 0 Å². The lowest BCUT2D eigenvalue weighted by atomic mass is 10.2. The third-order valence-corrected chi connectivity index (χ3v) is 3.42. The van der Waals surface area contributed by atoms with Crippen LogP contribution in [0.5, 0.6) is 5.75 Å². The second-order valence-corrected chi connectivity index (χ2v) is 4.42. The highest BCUT2D eigenvalue weighted by atomic mass is 35.5. The first-order valence-corrected chi connectivity index (χ1v) is 5.49. The number of benzene rings is 1. The minimum Gasteiger partial charge on any atom is -0.507 e. The molecule has 1 aromatic heterocycles. The van der Waals surface area contributed by atoms with E-state index in [-0.39, 0.29) is 26.0 Å². The van der Waals surface area contributed by atoms with Gasteiger partial charge < -0.3 is 10.1 Å². The number of nitrogens with one attached hydrogen (secondary N) is 1. The van der Waals surface area contributed by atoms with Crippen LogP contribution in [-0.4, -0.2) is 10.1 Å². The molecule has 0 radical (unpaired) electrons. The third kappa shape index (κ3) is 1.99. The van der Waals surface area contributed by atoms with Crippen LogP contribution in [0.4, 0.5) is 0 Å². The predicted molar refractivity (Wildman–Crippen MR) is 67.5 cm³/mol. The van der Waals surface area contributed by atoms with E-state index in [2.05, 4.69) is 4.98 Å². The molecule has 0 saturated heterocycles. The highest BCUT2D eigenvalue weighted by molar-refractivity contribution is 6.50. The Bertz CT molecular complexity index is 739. The van der Waals surface area contributed by atoms with E-state index in [0.717, 1.165) is 6.07 Å². The monoisotopic (exact) mass is 291 g/mol. The number of aromatic amines is 1. The number of H-pyrrole nitrogens is 1. The molecule has 0 saturated carbocycles. The molecule has 0 spiro atoms. The van der Waals surface area contributed by atoms with Crippen LogP contribution in [0.2, 0.25) is 15.1 Å². The van der Waals surface area contributed by atoms with Crippen LogP contribution in [-0.2, 0) is 0 Å². The molecule has 0 amide bonds. The summed E-state index contributed by atoms with van der Waals surface area (Å²) in [5, 5.41) is 9.87. The van der Waals surface area contributed by atoms with E-state index in [9.17, 15) is 14.7 Å². The van der Waals surface area contributed by atoms with Crippen molar-refractivity contribution in [2.45, 2.75) is 0 Å². The molecule has 0 aliphatic rings. The molecule has 4 nitrogen and oxygen atoms in total. The van der Waals surface area contributed by atoms with Crippen molar-refractivity contribution < 1.29 is 5.11 Å². The minimum atomic E-state index is -0.887. The molecule has 0 aliphatic carbocycles. The first-order valence-electron chi connectivity index (χ1n) is 4.35. The van der Waals surface area contributed by atoms with Crippen molar-refractivity contribution in [1.29, 1.82) is 0 Å². The maximum atomic E-state index is 11.3. The smallest absolute Gasteiger partial charge is 0.296 e. The molecule has 0 unspecified atom stereocenters. The maximum absolute atomic E-state index is 11.3. The summed E-state index contributed by atoms with van der Waals surface area (Å²) < 4.78 is 0. The summed E-state index contributed by atoms with van der Waals surface area (Å²) in [6.07, 6.45) is 0. The number of halogens is 3. The van der Waals surface area contributed by atoms with Crippen molar-refractivity contribution in [1.82, 2.24) is 4.98 Å².